The maximum atomic E-state index is 13.0. The number of carbonyl (C=O) groups excluding carboxylic acids is 1. The number of hydrogen-bond acceptors (Lipinski definition) is 6. The molecule has 164 valence electrons. The molecule has 4 heterocycles. The minimum atomic E-state index is -0.193. The fourth-order valence-corrected chi connectivity index (χ4v) is 4.79. The van der Waals surface area contributed by atoms with Crippen molar-refractivity contribution in [3.8, 4) is 11.3 Å². The summed E-state index contributed by atoms with van der Waals surface area (Å²) in [5, 5.41) is 11.8. The predicted octanol–water partition coefficient (Wildman–Crippen LogP) is 3.13. The molecule has 3 aromatic rings. The van der Waals surface area contributed by atoms with Crippen LogP contribution in [0.25, 0.3) is 11.3 Å². The van der Waals surface area contributed by atoms with E-state index in [1.807, 2.05) is 36.0 Å². The number of carbonyl (C=O) groups is 1. The van der Waals surface area contributed by atoms with Crippen LogP contribution in [0.1, 0.15) is 46.0 Å². The van der Waals surface area contributed by atoms with Crippen LogP contribution in [0, 0.1) is 18.8 Å². The second-order valence-electron chi connectivity index (χ2n) is 8.91. The fourth-order valence-electron chi connectivity index (χ4n) is 4.79. The smallest absolute Gasteiger partial charge is 0.287 e. The van der Waals surface area contributed by atoms with Gasteiger partial charge in [0.2, 0.25) is 0 Å². The fraction of sp³-hybridized carbons (Fsp3) is 0.417. The Morgan fingerprint density at radius 1 is 1.28 bits per heavy atom. The molecule has 1 N–H and O–H groups in total. The Morgan fingerprint density at radius 2 is 2.19 bits per heavy atom. The number of amides is 1. The van der Waals surface area contributed by atoms with E-state index in [0.29, 0.717) is 24.8 Å². The number of aryl methyl sites for hydroxylation is 2. The first-order valence-corrected chi connectivity index (χ1v) is 11.2. The third-order valence-corrected chi connectivity index (χ3v) is 6.61. The Morgan fingerprint density at radius 3 is 3.00 bits per heavy atom. The molecule has 1 fully saturated rings. The maximum absolute atomic E-state index is 13.0. The molecule has 8 heteroatoms. The third-order valence-electron chi connectivity index (χ3n) is 6.61. The van der Waals surface area contributed by atoms with Crippen LogP contribution in [0.15, 0.2) is 40.2 Å². The summed E-state index contributed by atoms with van der Waals surface area (Å²) >= 11 is 0. The van der Waals surface area contributed by atoms with Crippen molar-refractivity contribution in [2.75, 3.05) is 6.54 Å². The van der Waals surface area contributed by atoms with Gasteiger partial charge in [-0.15, -0.1) is 0 Å². The second kappa shape index (κ2) is 7.62. The van der Waals surface area contributed by atoms with Crippen molar-refractivity contribution in [1.82, 2.24) is 20.1 Å². The highest BCUT2D eigenvalue weighted by Gasteiger charge is 2.41. The molecule has 3 aliphatic rings. The zero-order chi connectivity index (χ0) is 21.7. The highest BCUT2D eigenvalue weighted by molar-refractivity contribution is 5.95. The van der Waals surface area contributed by atoms with Gasteiger partial charge in [0.1, 0.15) is 11.9 Å². The molecule has 2 unspecified atom stereocenters. The van der Waals surface area contributed by atoms with Crippen molar-refractivity contribution in [1.29, 1.82) is 0 Å². The van der Waals surface area contributed by atoms with Gasteiger partial charge in [-0.05, 0) is 49.8 Å². The van der Waals surface area contributed by atoms with E-state index in [1.165, 1.54) is 18.4 Å². The molecule has 1 saturated carbocycles. The van der Waals surface area contributed by atoms with E-state index in [9.17, 15) is 4.79 Å². The van der Waals surface area contributed by atoms with Gasteiger partial charge in [-0.2, -0.15) is 5.10 Å². The lowest BCUT2D eigenvalue weighted by atomic mass is 9.93. The number of rotatable bonds is 6. The summed E-state index contributed by atoms with van der Waals surface area (Å²) in [6, 6.07) is 5.88. The first kappa shape index (κ1) is 19.3. The SMILES string of the molecule is Cc1c(C(=O)NCC2C=NOC2C2CC2)oc2c1-c1nn(Cc3ccccn3)cc1CC2. The minimum Gasteiger partial charge on any atom is -0.455 e. The van der Waals surface area contributed by atoms with Crippen LogP contribution >= 0.6 is 0 Å². The summed E-state index contributed by atoms with van der Waals surface area (Å²) in [4.78, 5) is 22.8. The highest BCUT2D eigenvalue weighted by atomic mass is 16.6. The van der Waals surface area contributed by atoms with E-state index in [-0.39, 0.29) is 17.9 Å². The Labute approximate surface area is 185 Å². The zero-order valence-electron chi connectivity index (χ0n) is 18.0. The molecule has 0 saturated heterocycles. The Bertz CT molecular complexity index is 1190. The molecule has 0 radical (unpaired) electrons. The van der Waals surface area contributed by atoms with Gasteiger partial charge in [0.05, 0.1) is 30.1 Å². The van der Waals surface area contributed by atoms with Crippen LogP contribution in [0.5, 0.6) is 0 Å². The molecular formula is C24H25N5O3. The monoisotopic (exact) mass is 431 g/mol. The average molecular weight is 431 g/mol. The molecule has 32 heavy (non-hydrogen) atoms. The minimum absolute atomic E-state index is 0.0897. The number of oxime groups is 1. The first-order chi connectivity index (χ1) is 15.7. The van der Waals surface area contributed by atoms with Crippen LogP contribution in [0.2, 0.25) is 0 Å². The Balaban J connectivity index is 1.21. The lowest BCUT2D eigenvalue weighted by molar-refractivity contribution is 0.0449. The van der Waals surface area contributed by atoms with Crippen molar-refractivity contribution in [2.45, 2.75) is 45.3 Å². The van der Waals surface area contributed by atoms with Gasteiger partial charge in [0, 0.05) is 36.5 Å². The van der Waals surface area contributed by atoms with Gasteiger partial charge in [0.25, 0.3) is 5.91 Å². The predicted molar refractivity (Wildman–Crippen MR) is 117 cm³/mol. The first-order valence-electron chi connectivity index (χ1n) is 11.2. The van der Waals surface area contributed by atoms with E-state index in [2.05, 4.69) is 21.7 Å². The molecular weight excluding hydrogens is 406 g/mol. The normalized spacial score (nSPS) is 21.2. The van der Waals surface area contributed by atoms with E-state index in [1.54, 1.807) is 6.20 Å². The van der Waals surface area contributed by atoms with Gasteiger partial charge in [-0.25, -0.2) is 0 Å². The molecule has 8 nitrogen and oxygen atoms in total. The molecule has 2 atom stereocenters. The molecule has 1 aliphatic heterocycles. The Kier molecular flexibility index (Phi) is 4.59. The topological polar surface area (TPSA) is 94.5 Å². The van der Waals surface area contributed by atoms with Crippen molar-refractivity contribution >= 4 is 12.1 Å². The number of hydrogen-bond donors (Lipinski definition) is 1. The van der Waals surface area contributed by atoms with Crippen LogP contribution in [0.3, 0.4) is 0 Å². The summed E-state index contributed by atoms with van der Waals surface area (Å²) in [6.45, 7) is 3.05. The summed E-state index contributed by atoms with van der Waals surface area (Å²) in [6.07, 6.45) is 9.73. The largest absolute Gasteiger partial charge is 0.455 e. The number of fused-ring (bicyclic) bond motifs is 3. The van der Waals surface area contributed by atoms with Crippen LogP contribution in [0.4, 0.5) is 0 Å². The van der Waals surface area contributed by atoms with Crippen LogP contribution in [-0.4, -0.2) is 39.5 Å². The second-order valence-corrected chi connectivity index (χ2v) is 8.91. The third kappa shape index (κ3) is 3.39. The summed E-state index contributed by atoms with van der Waals surface area (Å²) in [7, 11) is 0. The lowest BCUT2D eigenvalue weighted by Gasteiger charge is -2.15. The van der Waals surface area contributed by atoms with E-state index in [4.69, 9.17) is 14.4 Å². The summed E-state index contributed by atoms with van der Waals surface area (Å²) in [5.74, 6) is 1.70. The molecule has 0 spiro atoms. The van der Waals surface area contributed by atoms with Gasteiger partial charge in [-0.1, -0.05) is 11.2 Å². The molecule has 0 aromatic carbocycles. The Hall–Kier alpha value is -3.42. The van der Waals surface area contributed by atoms with Gasteiger partial charge < -0.3 is 14.6 Å². The number of furan rings is 1. The maximum Gasteiger partial charge on any atom is 0.287 e. The number of pyridine rings is 1. The summed E-state index contributed by atoms with van der Waals surface area (Å²) in [5.41, 5.74) is 4.85. The molecule has 0 bridgehead atoms. The van der Waals surface area contributed by atoms with E-state index in [0.717, 1.165) is 41.1 Å². The zero-order valence-corrected chi connectivity index (χ0v) is 18.0. The van der Waals surface area contributed by atoms with Crippen molar-refractivity contribution < 1.29 is 14.0 Å². The standard InChI is InChI=1S/C24H25N5O3/c1-14-20-19(8-7-16-12-29(28-21(16)20)13-18-4-2-3-9-25-18)31-22(14)24(30)26-10-17-11-27-32-23(17)15-5-6-15/h2-4,9,11-12,15,17,23H,5-8,10,13H2,1H3,(H,26,30). The molecule has 3 aromatic heterocycles. The molecule has 2 aliphatic carbocycles. The van der Waals surface area contributed by atoms with Gasteiger partial charge >= 0.3 is 0 Å². The average Bonchev–Trinajstić information content (AvgIpc) is 3.24. The van der Waals surface area contributed by atoms with Gasteiger partial charge in [-0.3, -0.25) is 14.5 Å². The number of aromatic nitrogens is 3. The highest BCUT2D eigenvalue weighted by Crippen LogP contribution is 2.40. The number of nitrogens with zero attached hydrogens (tertiary/aromatic N) is 4. The van der Waals surface area contributed by atoms with Gasteiger partial charge in [0.15, 0.2) is 5.76 Å². The summed E-state index contributed by atoms with van der Waals surface area (Å²) < 4.78 is 7.97. The number of nitrogens with one attached hydrogen (secondary N) is 1. The van der Waals surface area contributed by atoms with Crippen molar-refractivity contribution in [3.63, 3.8) is 0 Å². The van der Waals surface area contributed by atoms with Crippen molar-refractivity contribution in [2.24, 2.45) is 17.0 Å². The molecule has 6 rings (SSSR count). The molecule has 1 amide bonds. The van der Waals surface area contributed by atoms with Crippen LogP contribution < -0.4 is 5.32 Å². The quantitative estimate of drug-likeness (QED) is 0.647. The van der Waals surface area contributed by atoms with E-state index < -0.39 is 0 Å². The van der Waals surface area contributed by atoms with Crippen molar-refractivity contribution in [3.05, 3.63) is 58.9 Å². The van der Waals surface area contributed by atoms with E-state index >= 15 is 0 Å². The van der Waals surface area contributed by atoms with Crippen LogP contribution in [-0.2, 0) is 24.2 Å². The lowest BCUT2D eigenvalue weighted by Crippen LogP contribution is -2.35.